The molecule has 0 unspecified atom stereocenters. The zero-order valence-electron chi connectivity index (χ0n) is 6.78. The van der Waals surface area contributed by atoms with Gasteiger partial charge in [-0.2, -0.15) is 0 Å². The van der Waals surface area contributed by atoms with Crippen molar-refractivity contribution in [3.05, 3.63) is 0 Å². The highest BCUT2D eigenvalue weighted by molar-refractivity contribution is 4.30. The molecule has 0 spiro atoms. The lowest BCUT2D eigenvalue weighted by Gasteiger charge is -1.85. The molecule has 0 rings (SSSR count). The van der Waals surface area contributed by atoms with Gasteiger partial charge in [0.1, 0.15) is 0 Å². The maximum Gasteiger partial charge on any atom is 0.0431 e. The Balaban J connectivity index is 3.07. The van der Waals surface area contributed by atoms with Crippen LogP contribution in [0, 0.1) is 0 Å². The normalized spacial score (nSPS) is 18.5. The Morgan fingerprint density at radius 2 is 2.50 bits per heavy atom. The van der Waals surface area contributed by atoms with Crippen LogP contribution >= 0.6 is 0 Å². The number of aliphatic hydroxyl groups excluding tert-OH is 1. The second-order valence-corrected chi connectivity index (χ2v) is 1.18. The van der Waals surface area contributed by atoms with Crippen molar-refractivity contribution in [1.82, 2.24) is 0 Å². The zero-order chi connectivity index (χ0) is 7.33. The van der Waals surface area contributed by atoms with E-state index in [0.717, 1.165) is 0 Å². The van der Waals surface area contributed by atoms with Crippen molar-refractivity contribution in [3.63, 3.8) is 0 Å². The van der Waals surface area contributed by atoms with Crippen molar-refractivity contribution in [2.45, 2.75) is 26.1 Å². The summed E-state index contributed by atoms with van der Waals surface area (Å²) < 4.78 is 20.3. The van der Waals surface area contributed by atoms with E-state index in [4.69, 9.17) is 9.22 Å². The van der Waals surface area contributed by atoms with E-state index in [1.165, 1.54) is 0 Å². The molecule has 0 saturated heterocycles. The van der Waals surface area contributed by atoms with Crippen LogP contribution < -0.4 is 0 Å². The number of rotatable bonds is 3. The van der Waals surface area contributed by atoms with E-state index in [2.05, 4.69) is 0 Å². The van der Waals surface area contributed by atoms with Gasteiger partial charge in [-0.3, -0.25) is 0 Å². The fraction of sp³-hybridized carbons (Fsp3) is 1.00. The Hall–Kier alpha value is -0.0400. The van der Waals surface area contributed by atoms with E-state index in [1.807, 2.05) is 0 Å². The minimum Gasteiger partial charge on any atom is -0.396 e. The molecule has 0 heterocycles. The van der Waals surface area contributed by atoms with Crippen LogP contribution in [0.3, 0.4) is 0 Å². The zero-order valence-corrected chi connectivity index (χ0v) is 3.78. The first-order chi connectivity index (χ1) is 4.06. The van der Waals surface area contributed by atoms with Crippen LogP contribution in [-0.2, 0) is 0 Å². The van der Waals surface area contributed by atoms with Crippen molar-refractivity contribution in [3.8, 4) is 0 Å². The van der Waals surface area contributed by atoms with E-state index in [-0.39, 0.29) is 13.0 Å². The van der Waals surface area contributed by atoms with E-state index >= 15 is 0 Å². The fourth-order valence-corrected chi connectivity index (χ4v) is 0.237. The van der Waals surface area contributed by atoms with Crippen LogP contribution in [0.15, 0.2) is 0 Å². The van der Waals surface area contributed by atoms with Crippen LogP contribution in [0.25, 0.3) is 0 Å². The molecule has 0 aromatic rings. The summed E-state index contributed by atoms with van der Waals surface area (Å²) in [5.74, 6) is 0. The summed E-state index contributed by atoms with van der Waals surface area (Å²) in [5, 5.41) is 8.28. The highest BCUT2D eigenvalue weighted by Gasteiger charge is 1.76. The van der Waals surface area contributed by atoms with Crippen molar-refractivity contribution < 1.29 is 9.22 Å². The predicted molar refractivity (Wildman–Crippen MR) is 26.6 cm³/mol. The van der Waals surface area contributed by atoms with Crippen molar-refractivity contribution in [2.75, 3.05) is 6.61 Å². The fourth-order valence-electron chi connectivity index (χ4n) is 0.237. The van der Waals surface area contributed by atoms with Gasteiger partial charge < -0.3 is 5.11 Å². The molecule has 0 saturated carbocycles. The molecule has 0 aliphatic rings. The molecular weight excluding hydrogens is 76.1 g/mol. The monoisotopic (exact) mass is 91.1 g/mol. The van der Waals surface area contributed by atoms with E-state index in [0.29, 0.717) is 12.8 Å². The van der Waals surface area contributed by atoms with Gasteiger partial charge in [-0.25, -0.2) is 0 Å². The second-order valence-electron chi connectivity index (χ2n) is 1.18. The first-order valence-electron chi connectivity index (χ1n) is 3.67. The van der Waals surface area contributed by atoms with Gasteiger partial charge in [0, 0.05) is 10.7 Å². The molecule has 0 aliphatic carbocycles. The Morgan fingerprint density at radius 1 is 1.67 bits per heavy atom. The van der Waals surface area contributed by atoms with Crippen LogP contribution in [0.2, 0.25) is 0 Å². The van der Waals surface area contributed by atoms with E-state index in [1.54, 1.807) is 0 Å². The summed E-state index contributed by atoms with van der Waals surface area (Å²) in [6.45, 7) is -1.72. The van der Waals surface area contributed by atoms with Crippen LogP contribution in [0.4, 0.5) is 0 Å². The third-order valence-corrected chi connectivity index (χ3v) is 0.585. The Kier molecular flexibility index (Phi) is 1.91. The molecule has 1 N–H and O–H groups in total. The van der Waals surface area contributed by atoms with Crippen molar-refractivity contribution >= 4 is 0 Å². The van der Waals surface area contributed by atoms with E-state index in [9.17, 15) is 0 Å². The molecule has 38 valence electrons. The van der Waals surface area contributed by atoms with Gasteiger partial charge in [-0.1, -0.05) is 19.7 Å². The maximum absolute atomic E-state index is 8.28. The Morgan fingerprint density at radius 3 is 3.00 bits per heavy atom. The molecule has 0 amide bonds. The van der Waals surface area contributed by atoms with Gasteiger partial charge in [0.25, 0.3) is 0 Å². The highest BCUT2D eigenvalue weighted by atomic mass is 16.2. The molecule has 1 heteroatoms. The highest BCUT2D eigenvalue weighted by Crippen LogP contribution is 1.89. The second kappa shape index (κ2) is 4.96. The molecule has 0 aliphatic heterocycles. The molecule has 0 bridgehead atoms. The minimum atomic E-state index is -1.81. The molecule has 0 radical (unpaired) electrons. The van der Waals surface area contributed by atoms with Crippen LogP contribution in [0.1, 0.15) is 30.2 Å². The third kappa shape index (κ3) is 3.96. The lowest BCUT2D eigenvalue weighted by Crippen LogP contribution is -1.78. The van der Waals surface area contributed by atoms with Gasteiger partial charge in [0.15, 0.2) is 0 Å². The van der Waals surface area contributed by atoms with E-state index < -0.39 is 6.85 Å². The third-order valence-electron chi connectivity index (χ3n) is 0.585. The van der Waals surface area contributed by atoms with Gasteiger partial charge in [0.05, 0.1) is 0 Å². The van der Waals surface area contributed by atoms with Gasteiger partial charge in [-0.15, -0.1) is 0 Å². The quantitative estimate of drug-likeness (QED) is 0.517. The molecular formula is C5H12O. The number of hydrogen-bond acceptors (Lipinski definition) is 1. The van der Waals surface area contributed by atoms with Crippen LogP contribution in [0.5, 0.6) is 0 Å². The van der Waals surface area contributed by atoms with Gasteiger partial charge >= 0.3 is 0 Å². The standard InChI is InChI=1S/C5H12O/c1-2-3-4-5-6/h6H,2-5H2,1H3/i1D3. The number of hydrogen-bond donors (Lipinski definition) is 1. The molecule has 1 nitrogen and oxygen atoms in total. The number of unbranched alkanes of at least 4 members (excludes halogenated alkanes) is 1. The Bertz CT molecular complexity index is 69.1. The number of aliphatic hydroxyl groups is 1. The SMILES string of the molecule is [2H]C([2H])([2H])CCCCO. The molecule has 0 aromatic carbocycles. The smallest absolute Gasteiger partial charge is 0.0431 e. The summed E-state index contributed by atoms with van der Waals surface area (Å²) in [5.41, 5.74) is 0. The molecule has 6 heavy (non-hydrogen) atoms. The van der Waals surface area contributed by atoms with Gasteiger partial charge in [0.2, 0.25) is 0 Å². The average Bonchev–Trinajstić information content (AvgIpc) is 1.63. The van der Waals surface area contributed by atoms with Crippen molar-refractivity contribution in [1.29, 1.82) is 0 Å². The van der Waals surface area contributed by atoms with Crippen LogP contribution in [-0.4, -0.2) is 11.7 Å². The first-order valence-corrected chi connectivity index (χ1v) is 2.17. The summed E-state index contributed by atoms with van der Waals surface area (Å²) in [4.78, 5) is 0. The molecule has 0 atom stereocenters. The minimum absolute atomic E-state index is 0.0933. The average molecular weight is 91.2 g/mol. The summed E-state index contributed by atoms with van der Waals surface area (Å²) in [7, 11) is 0. The van der Waals surface area contributed by atoms with Crippen molar-refractivity contribution in [2.24, 2.45) is 0 Å². The summed E-state index contributed by atoms with van der Waals surface area (Å²) in [6, 6.07) is 0. The lowest BCUT2D eigenvalue weighted by atomic mass is 10.3. The maximum atomic E-state index is 8.28. The predicted octanol–water partition coefficient (Wildman–Crippen LogP) is 1.17. The molecule has 0 fully saturated rings. The molecule has 0 aromatic heterocycles. The Labute approximate surface area is 43.2 Å². The lowest BCUT2D eigenvalue weighted by molar-refractivity contribution is 0.284. The summed E-state index contributed by atoms with van der Waals surface area (Å²) in [6.07, 6.45) is 1.40. The summed E-state index contributed by atoms with van der Waals surface area (Å²) >= 11 is 0. The largest absolute Gasteiger partial charge is 0.396 e. The van der Waals surface area contributed by atoms with Gasteiger partial charge in [-0.05, 0) is 6.42 Å². The first kappa shape index (κ1) is 2.31. The topological polar surface area (TPSA) is 20.2 Å².